The lowest BCUT2D eigenvalue weighted by Crippen LogP contribution is -2.41. The molecule has 0 fully saturated rings. The molecule has 2 atom stereocenters. The molecule has 0 spiro atoms. The maximum Gasteiger partial charge on any atom is 0.347 e. The van der Waals surface area contributed by atoms with Crippen molar-refractivity contribution >= 4 is 17.8 Å². The number of hydrogen-bond donors (Lipinski definition) is 1. The normalized spacial score (nSPS) is 13.0. The highest BCUT2D eigenvalue weighted by molar-refractivity contribution is 5.82. The van der Waals surface area contributed by atoms with Gasteiger partial charge in [0.15, 0.2) is 6.10 Å². The third-order valence-corrected chi connectivity index (χ3v) is 6.15. The summed E-state index contributed by atoms with van der Waals surface area (Å²) in [5.41, 5.74) is 1.77. The van der Waals surface area contributed by atoms with E-state index in [1.54, 1.807) is 53.7 Å². The number of hydrogen-bond acceptors (Lipinski definition) is 6. The topological polar surface area (TPSA) is 90.9 Å². The average Bonchev–Trinajstić information content (AvgIpc) is 2.91. The van der Waals surface area contributed by atoms with E-state index in [1.807, 2.05) is 72.8 Å². The van der Waals surface area contributed by atoms with Gasteiger partial charge in [0.2, 0.25) is 5.91 Å². The first-order valence-electron chi connectivity index (χ1n) is 14.4. The van der Waals surface area contributed by atoms with Crippen molar-refractivity contribution in [2.75, 3.05) is 6.54 Å². The molecule has 0 aliphatic carbocycles. The van der Waals surface area contributed by atoms with E-state index in [2.05, 4.69) is 5.32 Å². The van der Waals surface area contributed by atoms with Gasteiger partial charge in [-0.3, -0.25) is 9.59 Å². The highest BCUT2D eigenvalue weighted by atomic mass is 16.6. The van der Waals surface area contributed by atoms with Crippen LogP contribution >= 0.6 is 0 Å². The molecular formula is C35H43NO6. The van der Waals surface area contributed by atoms with Crippen molar-refractivity contribution in [2.24, 2.45) is 5.92 Å². The van der Waals surface area contributed by atoms with Gasteiger partial charge < -0.3 is 19.5 Å². The first kappa shape index (κ1) is 32.4. The van der Waals surface area contributed by atoms with E-state index in [4.69, 9.17) is 14.2 Å². The number of rotatable bonds is 12. The number of benzene rings is 3. The summed E-state index contributed by atoms with van der Waals surface area (Å²) in [5, 5.41) is 2.87. The van der Waals surface area contributed by atoms with E-state index in [-0.39, 0.29) is 25.3 Å². The molecule has 0 unspecified atom stereocenters. The standard InChI is InChI=1S/C35H43NO6/c1-34(2,3)41-31(37)21-22-36-32(38)28(23-25-17-19-27(20-18-25)26-13-9-7-10-14-26)24-30(33(39)42-35(4,5)6)40-29-15-11-8-12-16-29/h7-20,28,30H,21-24H2,1-6H3,(H,36,38)/t28-,30+/m0/s1. The van der Waals surface area contributed by atoms with Crippen molar-refractivity contribution in [3.05, 3.63) is 90.5 Å². The van der Waals surface area contributed by atoms with Crippen LogP contribution in [0.1, 0.15) is 59.9 Å². The predicted molar refractivity (Wildman–Crippen MR) is 164 cm³/mol. The molecular weight excluding hydrogens is 530 g/mol. The van der Waals surface area contributed by atoms with Crippen LogP contribution in [0.2, 0.25) is 0 Å². The summed E-state index contributed by atoms with van der Waals surface area (Å²) >= 11 is 0. The summed E-state index contributed by atoms with van der Waals surface area (Å²) < 4.78 is 17.1. The predicted octanol–water partition coefficient (Wildman–Crippen LogP) is 6.54. The molecule has 0 saturated heterocycles. The Labute approximate surface area is 249 Å². The molecule has 7 heteroatoms. The van der Waals surface area contributed by atoms with Crippen LogP contribution in [0, 0.1) is 5.92 Å². The van der Waals surface area contributed by atoms with Gasteiger partial charge in [0.1, 0.15) is 17.0 Å². The first-order chi connectivity index (χ1) is 19.8. The molecule has 42 heavy (non-hydrogen) atoms. The molecule has 1 amide bonds. The van der Waals surface area contributed by atoms with Crippen LogP contribution in [0.3, 0.4) is 0 Å². The fraction of sp³-hybridized carbons (Fsp3) is 0.400. The molecule has 0 aliphatic heterocycles. The lowest BCUT2D eigenvalue weighted by Gasteiger charge is -2.27. The number of ether oxygens (including phenoxy) is 3. The summed E-state index contributed by atoms with van der Waals surface area (Å²) in [6.45, 7) is 10.9. The third-order valence-electron chi connectivity index (χ3n) is 6.15. The van der Waals surface area contributed by atoms with Crippen molar-refractivity contribution in [3.8, 4) is 16.9 Å². The monoisotopic (exact) mass is 573 g/mol. The molecule has 0 saturated carbocycles. The highest BCUT2D eigenvalue weighted by Gasteiger charge is 2.33. The number of carbonyl (C=O) groups excluding carboxylic acids is 3. The van der Waals surface area contributed by atoms with Crippen LogP contribution in [-0.2, 0) is 30.3 Å². The fourth-order valence-electron chi connectivity index (χ4n) is 4.34. The van der Waals surface area contributed by atoms with Gasteiger partial charge in [-0.2, -0.15) is 0 Å². The quantitative estimate of drug-likeness (QED) is 0.248. The zero-order valence-corrected chi connectivity index (χ0v) is 25.5. The second-order valence-electron chi connectivity index (χ2n) is 12.3. The van der Waals surface area contributed by atoms with Crippen LogP contribution in [-0.4, -0.2) is 41.7 Å². The molecule has 0 heterocycles. The summed E-state index contributed by atoms with van der Waals surface area (Å²) in [5.74, 6) is -1.35. The van der Waals surface area contributed by atoms with E-state index in [9.17, 15) is 14.4 Å². The number of amides is 1. The van der Waals surface area contributed by atoms with Crippen LogP contribution in [0.25, 0.3) is 11.1 Å². The Morgan fingerprint density at radius 1 is 0.714 bits per heavy atom. The van der Waals surface area contributed by atoms with Gasteiger partial charge in [-0.15, -0.1) is 0 Å². The summed E-state index contributed by atoms with van der Waals surface area (Å²) in [4.78, 5) is 39.0. The fourth-order valence-corrected chi connectivity index (χ4v) is 4.34. The molecule has 3 aromatic rings. The maximum absolute atomic E-state index is 13.5. The van der Waals surface area contributed by atoms with Crippen molar-refractivity contribution in [1.29, 1.82) is 0 Å². The zero-order chi connectivity index (χ0) is 30.8. The molecule has 3 aromatic carbocycles. The third kappa shape index (κ3) is 11.4. The van der Waals surface area contributed by atoms with Crippen LogP contribution < -0.4 is 10.1 Å². The number of nitrogens with one attached hydrogen (secondary N) is 1. The van der Waals surface area contributed by atoms with Crippen molar-refractivity contribution < 1.29 is 28.6 Å². The van der Waals surface area contributed by atoms with Crippen molar-refractivity contribution in [2.45, 2.75) is 78.1 Å². The van der Waals surface area contributed by atoms with Gasteiger partial charge in [0.05, 0.1) is 6.42 Å². The number of para-hydroxylation sites is 1. The molecule has 1 N–H and O–H groups in total. The van der Waals surface area contributed by atoms with E-state index < -0.39 is 35.2 Å². The molecule has 7 nitrogen and oxygen atoms in total. The van der Waals surface area contributed by atoms with E-state index in [0.717, 1.165) is 16.7 Å². The van der Waals surface area contributed by atoms with Gasteiger partial charge in [0.25, 0.3) is 0 Å². The van der Waals surface area contributed by atoms with E-state index in [1.165, 1.54) is 0 Å². The first-order valence-corrected chi connectivity index (χ1v) is 14.4. The second kappa shape index (κ2) is 14.7. The van der Waals surface area contributed by atoms with Gasteiger partial charge in [-0.1, -0.05) is 72.8 Å². The SMILES string of the molecule is CC(C)(C)OC(=O)CCNC(=O)[C@@H](Cc1ccc(-c2ccccc2)cc1)C[C@@H](Oc1ccccc1)C(=O)OC(C)(C)C. The Morgan fingerprint density at radius 3 is 1.83 bits per heavy atom. The molecule has 0 radical (unpaired) electrons. The zero-order valence-electron chi connectivity index (χ0n) is 25.5. The van der Waals surface area contributed by atoms with E-state index >= 15 is 0 Å². The summed E-state index contributed by atoms with van der Waals surface area (Å²) in [6.07, 6.45) is -0.526. The Hall–Kier alpha value is -4.13. The summed E-state index contributed by atoms with van der Waals surface area (Å²) in [6, 6.07) is 27.1. The van der Waals surface area contributed by atoms with Gasteiger partial charge in [0, 0.05) is 18.9 Å². The lowest BCUT2D eigenvalue weighted by molar-refractivity contribution is -0.164. The Kier molecular flexibility index (Phi) is 11.3. The number of carbonyl (C=O) groups is 3. The van der Waals surface area contributed by atoms with Gasteiger partial charge >= 0.3 is 11.9 Å². The largest absolute Gasteiger partial charge is 0.479 e. The van der Waals surface area contributed by atoms with Crippen LogP contribution in [0.4, 0.5) is 0 Å². The smallest absolute Gasteiger partial charge is 0.347 e. The molecule has 0 aliphatic rings. The highest BCUT2D eigenvalue weighted by Crippen LogP contribution is 2.24. The Balaban J connectivity index is 1.81. The van der Waals surface area contributed by atoms with Gasteiger partial charge in [-0.25, -0.2) is 4.79 Å². The summed E-state index contributed by atoms with van der Waals surface area (Å²) in [7, 11) is 0. The van der Waals surface area contributed by atoms with Crippen molar-refractivity contribution in [1.82, 2.24) is 5.32 Å². The minimum absolute atomic E-state index is 0.0392. The average molecular weight is 574 g/mol. The number of esters is 2. The Morgan fingerprint density at radius 2 is 1.26 bits per heavy atom. The molecule has 3 rings (SSSR count). The van der Waals surface area contributed by atoms with Gasteiger partial charge in [-0.05, 0) is 76.8 Å². The Bertz CT molecular complexity index is 1290. The van der Waals surface area contributed by atoms with Crippen molar-refractivity contribution in [3.63, 3.8) is 0 Å². The lowest BCUT2D eigenvalue weighted by atomic mass is 9.91. The second-order valence-corrected chi connectivity index (χ2v) is 12.3. The van der Waals surface area contributed by atoms with Crippen LogP contribution in [0.5, 0.6) is 5.75 Å². The molecule has 224 valence electrons. The van der Waals surface area contributed by atoms with Crippen LogP contribution in [0.15, 0.2) is 84.9 Å². The molecule has 0 bridgehead atoms. The van der Waals surface area contributed by atoms with E-state index in [0.29, 0.717) is 12.2 Å². The minimum atomic E-state index is -1.02. The minimum Gasteiger partial charge on any atom is -0.479 e. The molecule has 0 aromatic heterocycles. The maximum atomic E-state index is 13.5.